The summed E-state index contributed by atoms with van der Waals surface area (Å²) in [6, 6.07) is 10.6. The van der Waals surface area contributed by atoms with E-state index in [1.807, 2.05) is 37.7 Å². The maximum absolute atomic E-state index is 12.9. The monoisotopic (exact) mass is 444 g/mol. The number of fused-ring (bicyclic) bond motifs is 3. The molecule has 0 unspecified atom stereocenters. The zero-order valence-corrected chi connectivity index (χ0v) is 20.1. The van der Waals surface area contributed by atoms with Gasteiger partial charge in [-0.05, 0) is 70.1 Å². The van der Waals surface area contributed by atoms with Gasteiger partial charge in [0, 0.05) is 49.9 Å². The molecule has 0 radical (unpaired) electrons. The highest BCUT2D eigenvalue weighted by Gasteiger charge is 2.24. The van der Waals surface area contributed by atoms with Crippen molar-refractivity contribution >= 4 is 27.8 Å². The number of hydrogen-bond donors (Lipinski definition) is 0. The Labute approximate surface area is 194 Å². The van der Waals surface area contributed by atoms with E-state index >= 15 is 0 Å². The molecule has 0 amide bonds. The molecule has 3 aromatic heterocycles. The predicted molar refractivity (Wildman–Crippen MR) is 135 cm³/mol. The van der Waals surface area contributed by atoms with Crippen LogP contribution in [0.25, 0.3) is 33.1 Å². The summed E-state index contributed by atoms with van der Waals surface area (Å²) in [5, 5.41) is 0.992. The summed E-state index contributed by atoms with van der Waals surface area (Å²) in [7, 11) is 6.09. The third kappa shape index (κ3) is 3.80. The molecule has 0 N–H and O–H groups in total. The Hall–Kier alpha value is -3.19. The number of anilines is 1. The standard InChI is InChI=1S/C26H32N6O/c1-17(2)32-25-21-12-19(6-8-22(21)27-14-23(25)30(5)26(32)33)20-7-9-24(28-13-20)31-11-10-18(16-31)15-29(3)4/h6-9,12-14,17-18H,10-11,15-16H2,1-5H3/t18-/m0/s1. The van der Waals surface area contributed by atoms with Crippen LogP contribution in [-0.2, 0) is 7.05 Å². The molecule has 5 rings (SSSR count). The Morgan fingerprint density at radius 1 is 1.09 bits per heavy atom. The van der Waals surface area contributed by atoms with Crippen LogP contribution in [0.5, 0.6) is 0 Å². The lowest BCUT2D eigenvalue weighted by molar-refractivity contribution is 0.340. The molecule has 0 spiro atoms. The second-order valence-electron chi connectivity index (χ2n) is 9.80. The van der Waals surface area contributed by atoms with Crippen molar-refractivity contribution in [2.24, 2.45) is 13.0 Å². The molecule has 0 saturated carbocycles. The molecule has 7 nitrogen and oxygen atoms in total. The van der Waals surface area contributed by atoms with Gasteiger partial charge in [0.05, 0.1) is 22.7 Å². The quantitative estimate of drug-likeness (QED) is 0.467. The van der Waals surface area contributed by atoms with E-state index in [1.54, 1.807) is 10.8 Å². The first kappa shape index (κ1) is 21.6. The molecule has 1 fully saturated rings. The van der Waals surface area contributed by atoms with Crippen LogP contribution < -0.4 is 10.6 Å². The van der Waals surface area contributed by atoms with Crippen molar-refractivity contribution in [3.63, 3.8) is 0 Å². The summed E-state index contributed by atoms with van der Waals surface area (Å²) in [4.78, 5) is 26.9. The number of rotatable bonds is 5. The molecule has 1 aromatic carbocycles. The number of benzene rings is 1. The van der Waals surface area contributed by atoms with Gasteiger partial charge in [0.1, 0.15) is 5.82 Å². The van der Waals surface area contributed by atoms with Gasteiger partial charge in [-0.1, -0.05) is 6.07 Å². The van der Waals surface area contributed by atoms with Crippen LogP contribution in [0.1, 0.15) is 26.3 Å². The normalized spacial score (nSPS) is 16.7. The van der Waals surface area contributed by atoms with Crippen molar-refractivity contribution in [1.29, 1.82) is 0 Å². The lowest BCUT2D eigenvalue weighted by atomic mass is 10.0. The molecule has 1 saturated heterocycles. The van der Waals surface area contributed by atoms with Crippen molar-refractivity contribution in [3.8, 4) is 11.1 Å². The van der Waals surface area contributed by atoms with Crippen LogP contribution >= 0.6 is 0 Å². The molecule has 4 aromatic rings. The summed E-state index contributed by atoms with van der Waals surface area (Å²) >= 11 is 0. The second-order valence-corrected chi connectivity index (χ2v) is 9.80. The number of nitrogens with zero attached hydrogens (tertiary/aromatic N) is 6. The molecular formula is C26H32N6O. The van der Waals surface area contributed by atoms with Crippen LogP contribution in [-0.4, -0.2) is 57.7 Å². The molecule has 172 valence electrons. The van der Waals surface area contributed by atoms with Crippen molar-refractivity contribution in [3.05, 3.63) is 53.2 Å². The van der Waals surface area contributed by atoms with Crippen LogP contribution in [0.4, 0.5) is 5.82 Å². The molecule has 1 aliphatic rings. The number of pyridine rings is 2. The summed E-state index contributed by atoms with van der Waals surface area (Å²) in [5.41, 5.74) is 4.82. The van der Waals surface area contributed by atoms with Crippen molar-refractivity contribution in [1.82, 2.24) is 24.0 Å². The van der Waals surface area contributed by atoms with Gasteiger partial charge in [-0.25, -0.2) is 9.78 Å². The molecule has 4 heterocycles. The number of aromatic nitrogens is 4. The largest absolute Gasteiger partial charge is 0.356 e. The summed E-state index contributed by atoms with van der Waals surface area (Å²) in [6.45, 7) is 7.33. The first-order valence-electron chi connectivity index (χ1n) is 11.7. The average Bonchev–Trinajstić information content (AvgIpc) is 3.36. The Balaban J connectivity index is 1.51. The van der Waals surface area contributed by atoms with E-state index in [9.17, 15) is 4.79 Å². The lowest BCUT2D eigenvalue weighted by Gasteiger charge is -2.19. The fraction of sp³-hybridized carbons (Fsp3) is 0.423. The zero-order chi connectivity index (χ0) is 23.3. The van der Waals surface area contributed by atoms with E-state index < -0.39 is 0 Å². The van der Waals surface area contributed by atoms with Gasteiger partial charge in [0.15, 0.2) is 0 Å². The minimum Gasteiger partial charge on any atom is -0.356 e. The minimum atomic E-state index is -0.0103. The van der Waals surface area contributed by atoms with Crippen molar-refractivity contribution < 1.29 is 0 Å². The summed E-state index contributed by atoms with van der Waals surface area (Å²) in [6.07, 6.45) is 4.97. The Bertz CT molecular complexity index is 1370. The van der Waals surface area contributed by atoms with E-state index in [1.165, 1.54) is 6.42 Å². The summed E-state index contributed by atoms with van der Waals surface area (Å²) in [5.74, 6) is 1.74. The third-order valence-corrected chi connectivity index (χ3v) is 6.75. The fourth-order valence-corrected chi connectivity index (χ4v) is 5.14. The number of imidazole rings is 1. The molecule has 1 aliphatic heterocycles. The highest BCUT2D eigenvalue weighted by Crippen LogP contribution is 2.30. The SMILES string of the molecule is CC(C)n1c(=O)n(C)c2cnc3ccc(-c4ccc(N5CC[C@@H](CN(C)C)C5)nc4)cc3c21. The Morgan fingerprint density at radius 2 is 1.88 bits per heavy atom. The first-order chi connectivity index (χ1) is 15.8. The van der Waals surface area contributed by atoms with Gasteiger partial charge in [0.25, 0.3) is 0 Å². The lowest BCUT2D eigenvalue weighted by Crippen LogP contribution is -2.26. The molecule has 7 heteroatoms. The van der Waals surface area contributed by atoms with Gasteiger partial charge in [-0.15, -0.1) is 0 Å². The van der Waals surface area contributed by atoms with Crippen LogP contribution in [0, 0.1) is 5.92 Å². The van der Waals surface area contributed by atoms with Gasteiger partial charge in [-0.3, -0.25) is 14.1 Å². The third-order valence-electron chi connectivity index (χ3n) is 6.75. The molecular weight excluding hydrogens is 412 g/mol. The van der Waals surface area contributed by atoms with E-state index in [2.05, 4.69) is 53.1 Å². The first-order valence-corrected chi connectivity index (χ1v) is 11.7. The molecule has 33 heavy (non-hydrogen) atoms. The molecule has 1 atom stereocenters. The van der Waals surface area contributed by atoms with E-state index in [-0.39, 0.29) is 11.7 Å². The van der Waals surface area contributed by atoms with Gasteiger partial charge >= 0.3 is 5.69 Å². The average molecular weight is 445 g/mol. The van der Waals surface area contributed by atoms with Crippen LogP contribution in [0.15, 0.2) is 47.5 Å². The van der Waals surface area contributed by atoms with Crippen molar-refractivity contribution in [2.75, 3.05) is 38.6 Å². The number of hydrogen-bond acceptors (Lipinski definition) is 5. The maximum Gasteiger partial charge on any atom is 0.329 e. The molecule has 0 aliphatic carbocycles. The Kier molecular flexibility index (Phi) is 5.44. The van der Waals surface area contributed by atoms with Gasteiger partial charge in [0.2, 0.25) is 0 Å². The topological polar surface area (TPSA) is 59.2 Å². The fourth-order valence-electron chi connectivity index (χ4n) is 5.14. The van der Waals surface area contributed by atoms with Crippen LogP contribution in [0.2, 0.25) is 0 Å². The highest BCUT2D eigenvalue weighted by atomic mass is 16.1. The number of aryl methyl sites for hydroxylation is 1. The predicted octanol–water partition coefficient (Wildman–Crippen LogP) is 3.92. The van der Waals surface area contributed by atoms with E-state index in [0.29, 0.717) is 5.92 Å². The van der Waals surface area contributed by atoms with Gasteiger partial charge in [-0.2, -0.15) is 0 Å². The highest BCUT2D eigenvalue weighted by molar-refractivity contribution is 6.04. The maximum atomic E-state index is 12.9. The van der Waals surface area contributed by atoms with E-state index in [0.717, 1.165) is 58.5 Å². The summed E-state index contributed by atoms with van der Waals surface area (Å²) < 4.78 is 3.55. The molecule has 0 bridgehead atoms. The Morgan fingerprint density at radius 3 is 2.58 bits per heavy atom. The zero-order valence-electron chi connectivity index (χ0n) is 20.1. The van der Waals surface area contributed by atoms with Crippen LogP contribution in [0.3, 0.4) is 0 Å². The van der Waals surface area contributed by atoms with Crippen molar-refractivity contribution in [2.45, 2.75) is 26.3 Å². The second kappa shape index (κ2) is 8.30. The smallest absolute Gasteiger partial charge is 0.329 e. The van der Waals surface area contributed by atoms with Gasteiger partial charge < -0.3 is 9.80 Å². The van der Waals surface area contributed by atoms with E-state index in [4.69, 9.17) is 4.98 Å². The minimum absolute atomic E-state index is 0.0103.